The summed E-state index contributed by atoms with van der Waals surface area (Å²) in [5, 5.41) is 10.4. The minimum atomic E-state index is -0.141. The zero-order valence-electron chi connectivity index (χ0n) is 10.1. The molecule has 0 aliphatic rings. The van der Waals surface area contributed by atoms with E-state index in [1.165, 1.54) is 12.3 Å². The number of rotatable bonds is 2. The molecule has 2 aromatic carbocycles. The van der Waals surface area contributed by atoms with Gasteiger partial charge < -0.3 is 9.52 Å². The van der Waals surface area contributed by atoms with Gasteiger partial charge in [-0.1, -0.05) is 30.3 Å². The largest absolute Gasteiger partial charge is 0.507 e. The van der Waals surface area contributed by atoms with E-state index in [1.807, 2.05) is 6.07 Å². The Morgan fingerprint density at radius 2 is 1.80 bits per heavy atom. The van der Waals surface area contributed by atoms with Crippen LogP contribution in [-0.2, 0) is 0 Å². The van der Waals surface area contributed by atoms with Crippen LogP contribution >= 0.6 is 31.9 Å². The second kappa shape index (κ2) is 5.07. The lowest BCUT2D eigenvalue weighted by atomic mass is 10.0. The standard InChI is InChI=1S/C15H8Br2O3/c16-12-11(18)6-9-10(7-20-15(9)13(12)17)14(19)8-4-2-1-3-5-8/h1-7,18H. The Morgan fingerprint density at radius 1 is 1.10 bits per heavy atom. The molecule has 0 bridgehead atoms. The highest BCUT2D eigenvalue weighted by atomic mass is 79.9. The molecule has 3 aromatic rings. The summed E-state index contributed by atoms with van der Waals surface area (Å²) in [6.07, 6.45) is 1.41. The number of phenols is 1. The number of phenolic OH excluding ortho intramolecular Hbond substituents is 1. The van der Waals surface area contributed by atoms with Crippen molar-refractivity contribution >= 4 is 48.6 Å². The summed E-state index contributed by atoms with van der Waals surface area (Å²) in [6.45, 7) is 0. The van der Waals surface area contributed by atoms with Crippen LogP contribution in [0.25, 0.3) is 11.0 Å². The summed E-state index contributed by atoms with van der Waals surface area (Å²) in [4.78, 5) is 12.5. The fraction of sp³-hybridized carbons (Fsp3) is 0. The summed E-state index contributed by atoms with van der Waals surface area (Å²) in [7, 11) is 0. The van der Waals surface area contributed by atoms with Crippen LogP contribution in [0.1, 0.15) is 15.9 Å². The van der Waals surface area contributed by atoms with Crippen molar-refractivity contribution in [1.82, 2.24) is 0 Å². The number of hydrogen-bond donors (Lipinski definition) is 1. The maximum absolute atomic E-state index is 12.5. The minimum absolute atomic E-state index is 0.0490. The number of aromatic hydroxyl groups is 1. The van der Waals surface area contributed by atoms with Gasteiger partial charge in [-0.3, -0.25) is 4.79 Å². The molecule has 3 nitrogen and oxygen atoms in total. The molecule has 0 radical (unpaired) electrons. The molecule has 1 aromatic heterocycles. The molecule has 0 amide bonds. The molecule has 20 heavy (non-hydrogen) atoms. The molecular formula is C15H8Br2O3. The lowest BCUT2D eigenvalue weighted by molar-refractivity contribution is 0.103. The molecule has 0 saturated carbocycles. The molecule has 0 aliphatic carbocycles. The number of halogens is 2. The lowest BCUT2D eigenvalue weighted by Gasteiger charge is -2.02. The first-order valence-corrected chi connectivity index (χ1v) is 7.36. The van der Waals surface area contributed by atoms with Crippen molar-refractivity contribution in [1.29, 1.82) is 0 Å². The maximum Gasteiger partial charge on any atom is 0.196 e. The summed E-state index contributed by atoms with van der Waals surface area (Å²) in [5.41, 5.74) is 1.53. The molecule has 3 rings (SSSR count). The quantitative estimate of drug-likeness (QED) is 0.628. The summed E-state index contributed by atoms with van der Waals surface area (Å²) in [5.74, 6) is -0.0918. The maximum atomic E-state index is 12.5. The summed E-state index contributed by atoms with van der Waals surface area (Å²) >= 11 is 6.59. The molecule has 0 saturated heterocycles. The van der Waals surface area contributed by atoms with Crippen LogP contribution < -0.4 is 0 Å². The lowest BCUT2D eigenvalue weighted by Crippen LogP contribution is -1.99. The van der Waals surface area contributed by atoms with E-state index in [-0.39, 0.29) is 11.5 Å². The van der Waals surface area contributed by atoms with Crippen molar-refractivity contribution in [2.45, 2.75) is 0 Å². The van der Waals surface area contributed by atoms with E-state index >= 15 is 0 Å². The first-order chi connectivity index (χ1) is 9.59. The van der Waals surface area contributed by atoms with Crippen molar-refractivity contribution in [2.75, 3.05) is 0 Å². The van der Waals surface area contributed by atoms with E-state index in [9.17, 15) is 9.90 Å². The molecule has 0 spiro atoms. The third kappa shape index (κ3) is 2.07. The zero-order valence-corrected chi connectivity index (χ0v) is 13.2. The third-order valence-electron chi connectivity index (χ3n) is 3.01. The predicted octanol–water partition coefficient (Wildman–Crippen LogP) is 4.89. The highest BCUT2D eigenvalue weighted by molar-refractivity contribution is 9.13. The van der Waals surface area contributed by atoms with Gasteiger partial charge in [-0.05, 0) is 37.9 Å². The highest BCUT2D eigenvalue weighted by Crippen LogP contribution is 2.40. The van der Waals surface area contributed by atoms with Gasteiger partial charge in [-0.25, -0.2) is 0 Å². The van der Waals surface area contributed by atoms with Crippen LogP contribution in [0.15, 0.2) is 56.0 Å². The van der Waals surface area contributed by atoms with Crippen LogP contribution in [0.3, 0.4) is 0 Å². The Morgan fingerprint density at radius 3 is 2.50 bits per heavy atom. The third-order valence-corrected chi connectivity index (χ3v) is 5.10. The van der Waals surface area contributed by atoms with E-state index in [4.69, 9.17) is 4.42 Å². The first kappa shape index (κ1) is 13.4. The van der Waals surface area contributed by atoms with E-state index < -0.39 is 0 Å². The summed E-state index contributed by atoms with van der Waals surface area (Å²) in [6, 6.07) is 10.5. The average Bonchev–Trinajstić information content (AvgIpc) is 2.89. The smallest absolute Gasteiger partial charge is 0.196 e. The van der Waals surface area contributed by atoms with Crippen LogP contribution in [0.2, 0.25) is 0 Å². The number of benzene rings is 2. The number of furan rings is 1. The fourth-order valence-electron chi connectivity index (χ4n) is 2.01. The van der Waals surface area contributed by atoms with Gasteiger partial charge in [0.2, 0.25) is 0 Å². The van der Waals surface area contributed by atoms with Gasteiger partial charge in [-0.2, -0.15) is 0 Å². The second-order valence-corrected chi connectivity index (χ2v) is 5.83. The van der Waals surface area contributed by atoms with Gasteiger partial charge in [0.15, 0.2) is 5.78 Å². The fourth-order valence-corrected chi connectivity index (χ4v) is 2.82. The average molecular weight is 396 g/mol. The molecule has 1 heterocycles. The number of carbonyl (C=O) groups excluding carboxylic acids is 1. The molecule has 1 N–H and O–H groups in total. The number of hydrogen-bond acceptors (Lipinski definition) is 3. The van der Waals surface area contributed by atoms with E-state index in [1.54, 1.807) is 24.3 Å². The Bertz CT molecular complexity index is 807. The van der Waals surface area contributed by atoms with Crippen LogP contribution in [0.5, 0.6) is 5.75 Å². The summed E-state index contributed by atoms with van der Waals surface area (Å²) < 4.78 is 6.53. The highest BCUT2D eigenvalue weighted by Gasteiger charge is 2.20. The van der Waals surface area contributed by atoms with Gasteiger partial charge >= 0.3 is 0 Å². The molecule has 0 unspecified atom stereocenters. The van der Waals surface area contributed by atoms with Crippen molar-refractivity contribution in [3.05, 3.63) is 62.7 Å². The predicted molar refractivity (Wildman–Crippen MR) is 83.2 cm³/mol. The Labute approximate surface area is 131 Å². The monoisotopic (exact) mass is 394 g/mol. The van der Waals surface area contributed by atoms with Crippen molar-refractivity contribution in [2.24, 2.45) is 0 Å². The van der Waals surface area contributed by atoms with Crippen LogP contribution in [-0.4, -0.2) is 10.9 Å². The minimum Gasteiger partial charge on any atom is -0.507 e. The normalized spacial score (nSPS) is 10.9. The van der Waals surface area contributed by atoms with Crippen LogP contribution in [0.4, 0.5) is 0 Å². The Balaban J connectivity index is 2.21. The van der Waals surface area contributed by atoms with Gasteiger partial charge in [0.1, 0.15) is 17.6 Å². The van der Waals surface area contributed by atoms with Gasteiger partial charge in [0.25, 0.3) is 0 Å². The van der Waals surface area contributed by atoms with Crippen molar-refractivity contribution < 1.29 is 14.3 Å². The molecule has 5 heteroatoms. The van der Waals surface area contributed by atoms with Crippen LogP contribution in [0, 0.1) is 0 Å². The van der Waals surface area contributed by atoms with Gasteiger partial charge in [-0.15, -0.1) is 0 Å². The van der Waals surface area contributed by atoms with Crippen molar-refractivity contribution in [3.8, 4) is 5.75 Å². The van der Waals surface area contributed by atoms with Crippen molar-refractivity contribution in [3.63, 3.8) is 0 Å². The molecular weight excluding hydrogens is 388 g/mol. The topological polar surface area (TPSA) is 50.4 Å². The first-order valence-electron chi connectivity index (χ1n) is 5.77. The SMILES string of the molecule is O=C(c1ccccc1)c1coc2c(Br)c(Br)c(O)cc12. The van der Waals surface area contributed by atoms with Gasteiger partial charge in [0, 0.05) is 10.9 Å². The number of fused-ring (bicyclic) bond motifs is 1. The molecule has 0 atom stereocenters. The zero-order chi connectivity index (χ0) is 14.3. The van der Waals surface area contributed by atoms with E-state index in [2.05, 4.69) is 31.9 Å². The molecule has 100 valence electrons. The number of ketones is 1. The number of carbonyl (C=O) groups is 1. The van der Waals surface area contributed by atoms with Gasteiger partial charge in [0.05, 0.1) is 14.5 Å². The molecule has 0 aliphatic heterocycles. The second-order valence-electron chi connectivity index (χ2n) is 4.24. The van der Waals surface area contributed by atoms with E-state index in [0.29, 0.717) is 31.0 Å². The molecule has 0 fully saturated rings. The Kier molecular flexibility index (Phi) is 3.40. The Hall–Kier alpha value is -1.59. The van der Waals surface area contributed by atoms with E-state index in [0.717, 1.165) is 0 Å².